The molecule has 0 saturated carbocycles. The van der Waals surface area contributed by atoms with Crippen molar-refractivity contribution < 1.29 is 18.7 Å². The van der Waals surface area contributed by atoms with Crippen LogP contribution in [-0.2, 0) is 0 Å². The Kier molecular flexibility index (Phi) is 5.23. The molecule has 2 rings (SSSR count). The maximum absolute atomic E-state index is 13.7. The number of benzene rings is 1. The molecular weight excluding hydrogens is 313 g/mol. The third-order valence-corrected chi connectivity index (χ3v) is 2.77. The van der Waals surface area contributed by atoms with E-state index < -0.39 is 11.8 Å². The summed E-state index contributed by atoms with van der Waals surface area (Å²) >= 11 is 0. The third kappa shape index (κ3) is 4.84. The van der Waals surface area contributed by atoms with Crippen molar-refractivity contribution in [2.75, 3.05) is 7.11 Å². The smallest absolute Gasteiger partial charge is 0.346 e. The van der Waals surface area contributed by atoms with Gasteiger partial charge in [0.05, 0.1) is 18.9 Å². The summed E-state index contributed by atoms with van der Waals surface area (Å²) in [7, 11) is 1.49. The average Bonchev–Trinajstić information content (AvgIpc) is 2.54. The number of hydrogen-bond acceptors (Lipinski definition) is 6. The Bertz CT molecular complexity index is 770. The van der Waals surface area contributed by atoms with E-state index in [1.807, 2.05) is 20.8 Å². The number of methoxy groups -OCH3 is 1. The number of halogens is 1. The predicted molar refractivity (Wildman–Crippen MR) is 87.5 cm³/mol. The molecule has 0 aliphatic carbocycles. The molecule has 0 atom stereocenters. The van der Waals surface area contributed by atoms with Crippen LogP contribution in [0.3, 0.4) is 0 Å². The highest BCUT2D eigenvalue weighted by Gasteiger charge is 2.14. The number of carbonyl (C=O) groups is 1. The number of carbonyl (C=O) groups excluding carboxylic acids is 1. The van der Waals surface area contributed by atoms with E-state index in [4.69, 9.17) is 9.47 Å². The van der Waals surface area contributed by atoms with Gasteiger partial charge < -0.3 is 9.47 Å². The van der Waals surface area contributed by atoms with Crippen molar-refractivity contribution in [3.05, 3.63) is 41.8 Å². The number of hydrogen-bond donors (Lipinski definition) is 0. The van der Waals surface area contributed by atoms with E-state index >= 15 is 0 Å². The maximum Gasteiger partial charge on any atom is 0.346 e. The van der Waals surface area contributed by atoms with Crippen molar-refractivity contribution in [3.63, 3.8) is 0 Å². The first-order chi connectivity index (χ1) is 11.3. The van der Waals surface area contributed by atoms with Gasteiger partial charge in [-0.15, -0.1) is 0 Å². The molecule has 6 nitrogen and oxygen atoms in total. The molecule has 0 saturated heterocycles. The first kappa shape index (κ1) is 17.5. The van der Waals surface area contributed by atoms with Crippen molar-refractivity contribution in [1.82, 2.24) is 9.97 Å². The van der Waals surface area contributed by atoms with E-state index in [1.54, 1.807) is 24.4 Å². The van der Waals surface area contributed by atoms with Crippen LogP contribution in [0.25, 0.3) is 0 Å². The van der Waals surface area contributed by atoms with E-state index in [2.05, 4.69) is 15.0 Å². The minimum Gasteiger partial charge on any atom is -0.497 e. The summed E-state index contributed by atoms with van der Waals surface area (Å²) in [5.41, 5.74) is 0.0245. The number of aromatic nitrogens is 2. The minimum absolute atomic E-state index is 0.187. The lowest BCUT2D eigenvalue weighted by Gasteiger charge is -2.10. The first-order valence-electron chi connectivity index (χ1n) is 7.22. The quantitative estimate of drug-likeness (QED) is 0.632. The zero-order valence-electron chi connectivity index (χ0n) is 13.9. The van der Waals surface area contributed by atoms with Gasteiger partial charge in [-0.25, -0.2) is 19.2 Å². The number of aliphatic imine (C=N–C) groups is 1. The highest BCUT2D eigenvalue weighted by molar-refractivity contribution is 5.91. The van der Waals surface area contributed by atoms with Gasteiger partial charge >= 0.3 is 12.0 Å². The molecule has 0 fully saturated rings. The molecule has 1 aromatic heterocycles. The van der Waals surface area contributed by atoms with Crippen LogP contribution in [0.5, 0.6) is 11.8 Å². The van der Waals surface area contributed by atoms with Crippen molar-refractivity contribution in [1.29, 1.82) is 0 Å². The molecular formula is C17H18FN3O3. The van der Waals surface area contributed by atoms with Crippen molar-refractivity contribution in [3.8, 4) is 11.8 Å². The lowest BCUT2D eigenvalue weighted by Crippen LogP contribution is -2.11. The fourth-order valence-corrected chi connectivity index (χ4v) is 1.63. The van der Waals surface area contributed by atoms with Crippen molar-refractivity contribution >= 4 is 18.0 Å². The molecule has 0 unspecified atom stereocenters. The van der Waals surface area contributed by atoms with E-state index in [9.17, 15) is 9.18 Å². The molecule has 0 amide bonds. The van der Waals surface area contributed by atoms with E-state index in [-0.39, 0.29) is 22.8 Å². The summed E-state index contributed by atoms with van der Waals surface area (Å²) in [6.07, 6.45) is 2.47. The van der Waals surface area contributed by atoms with Gasteiger partial charge in [0.15, 0.2) is 11.6 Å². The lowest BCUT2D eigenvalue weighted by molar-refractivity contribution is 0.0719. The Morgan fingerprint density at radius 1 is 1.33 bits per heavy atom. The van der Waals surface area contributed by atoms with E-state index in [0.29, 0.717) is 5.75 Å². The lowest BCUT2D eigenvalue weighted by atomic mass is 9.99. The summed E-state index contributed by atoms with van der Waals surface area (Å²) in [5.74, 6) is -1.05. The topological polar surface area (TPSA) is 73.7 Å². The Balaban J connectivity index is 2.20. The zero-order valence-corrected chi connectivity index (χ0v) is 13.9. The Morgan fingerprint density at radius 3 is 2.75 bits per heavy atom. The van der Waals surface area contributed by atoms with Crippen LogP contribution in [-0.4, -0.2) is 29.3 Å². The second-order valence-corrected chi connectivity index (χ2v) is 6.07. The molecule has 2 aromatic rings. The molecule has 7 heteroatoms. The van der Waals surface area contributed by atoms with E-state index in [0.717, 1.165) is 6.20 Å². The standard InChI is InChI=1S/C17H18FN3O3/c1-17(2,3)10-20-14-13(18)9-19-16(21-14)24-15(22)11-6-5-7-12(8-11)23-4/h5-10H,1-4H3. The van der Waals surface area contributed by atoms with Crippen LogP contribution in [0.1, 0.15) is 31.1 Å². The van der Waals surface area contributed by atoms with Crippen molar-refractivity contribution in [2.24, 2.45) is 10.4 Å². The monoisotopic (exact) mass is 331 g/mol. The molecule has 0 aliphatic rings. The predicted octanol–water partition coefficient (Wildman–Crippen LogP) is 3.59. The van der Waals surface area contributed by atoms with Crippen LogP contribution in [0.2, 0.25) is 0 Å². The normalized spacial score (nSPS) is 11.5. The SMILES string of the molecule is COc1cccc(C(=O)Oc2ncc(F)c(N=CC(C)(C)C)n2)c1. The highest BCUT2D eigenvalue weighted by Crippen LogP contribution is 2.20. The molecule has 24 heavy (non-hydrogen) atoms. The van der Waals surface area contributed by atoms with Gasteiger partial charge in [-0.1, -0.05) is 26.8 Å². The van der Waals surface area contributed by atoms with Crippen LogP contribution in [0, 0.1) is 11.2 Å². The molecule has 0 radical (unpaired) electrons. The fourth-order valence-electron chi connectivity index (χ4n) is 1.63. The molecule has 0 bridgehead atoms. The summed E-state index contributed by atoms with van der Waals surface area (Å²) in [6.45, 7) is 5.75. The minimum atomic E-state index is -0.698. The molecule has 126 valence electrons. The highest BCUT2D eigenvalue weighted by atomic mass is 19.1. The number of ether oxygens (including phenoxy) is 2. The first-order valence-corrected chi connectivity index (χ1v) is 7.22. The average molecular weight is 331 g/mol. The molecule has 0 aliphatic heterocycles. The van der Waals surface area contributed by atoms with Gasteiger partial charge in [0.25, 0.3) is 0 Å². The van der Waals surface area contributed by atoms with Gasteiger partial charge in [-0.3, -0.25) is 0 Å². The summed E-state index contributed by atoms with van der Waals surface area (Å²) < 4.78 is 23.8. The van der Waals surface area contributed by atoms with Gasteiger partial charge in [0.1, 0.15) is 5.75 Å². The Labute approximate surface area is 139 Å². The molecule has 1 aromatic carbocycles. The second kappa shape index (κ2) is 7.16. The Hall–Kier alpha value is -2.83. The Morgan fingerprint density at radius 2 is 2.08 bits per heavy atom. The third-order valence-electron chi connectivity index (χ3n) is 2.77. The maximum atomic E-state index is 13.7. The summed E-state index contributed by atoms with van der Waals surface area (Å²) in [4.78, 5) is 23.6. The zero-order chi connectivity index (χ0) is 17.7. The number of nitrogens with zero attached hydrogens (tertiary/aromatic N) is 3. The van der Waals surface area contributed by atoms with Gasteiger partial charge in [0.2, 0.25) is 0 Å². The van der Waals surface area contributed by atoms with Gasteiger partial charge in [0, 0.05) is 6.21 Å². The second-order valence-electron chi connectivity index (χ2n) is 6.07. The van der Waals surface area contributed by atoms with Crippen LogP contribution >= 0.6 is 0 Å². The van der Waals surface area contributed by atoms with Crippen molar-refractivity contribution in [2.45, 2.75) is 20.8 Å². The molecule has 1 heterocycles. The van der Waals surface area contributed by atoms with E-state index in [1.165, 1.54) is 13.2 Å². The van der Waals surface area contributed by atoms with Crippen LogP contribution in [0.15, 0.2) is 35.5 Å². The fraction of sp³-hybridized carbons (Fsp3) is 0.294. The summed E-state index contributed by atoms with van der Waals surface area (Å²) in [6, 6.07) is 6.16. The molecule has 0 spiro atoms. The van der Waals surface area contributed by atoms with Crippen LogP contribution < -0.4 is 9.47 Å². The van der Waals surface area contributed by atoms with Crippen LogP contribution in [0.4, 0.5) is 10.2 Å². The summed E-state index contributed by atoms with van der Waals surface area (Å²) in [5, 5.41) is 0. The van der Waals surface area contributed by atoms with Gasteiger partial charge in [-0.05, 0) is 23.6 Å². The number of esters is 1. The largest absolute Gasteiger partial charge is 0.497 e. The van der Waals surface area contributed by atoms with Gasteiger partial charge in [-0.2, -0.15) is 4.98 Å². The number of rotatable bonds is 4. The molecule has 0 N–H and O–H groups in total.